The molecule has 0 aromatic rings. The fraction of sp³-hybridized carbons (Fsp3) is 0.857. The van der Waals surface area contributed by atoms with Crippen LogP contribution < -0.4 is 0 Å². The summed E-state index contributed by atoms with van der Waals surface area (Å²) in [7, 11) is -4.61. The zero-order valence-corrected chi connectivity index (χ0v) is 14.1. The third kappa shape index (κ3) is 3.06. The van der Waals surface area contributed by atoms with Crippen LogP contribution in [0.4, 0.5) is 17.6 Å². The lowest BCUT2D eigenvalue weighted by Crippen LogP contribution is -2.41. The molecule has 12 heteroatoms. The number of alkyl halides is 4. The molecule has 0 aromatic heterocycles. The van der Waals surface area contributed by atoms with Gasteiger partial charge in [0.1, 0.15) is 18.1 Å². The van der Waals surface area contributed by atoms with Crippen LogP contribution in [0.15, 0.2) is 0 Å². The molecule has 0 aromatic carbocycles. The summed E-state index contributed by atoms with van der Waals surface area (Å²) in [5.74, 6) is -6.96. The molecule has 3 heterocycles. The molecule has 0 spiro atoms. The molecule has 5 unspecified atom stereocenters. The van der Waals surface area contributed by atoms with Gasteiger partial charge in [0.15, 0.2) is 0 Å². The Morgan fingerprint density at radius 1 is 1.19 bits per heavy atom. The lowest BCUT2D eigenvalue weighted by molar-refractivity contribution is -0.161. The molecule has 0 radical (unpaired) electrons. The molecule has 148 valence electrons. The first kappa shape index (κ1) is 19.3. The molecule has 26 heavy (non-hydrogen) atoms. The number of rotatable bonds is 8. The molecule has 3 aliphatic heterocycles. The monoisotopic (exact) mass is 404 g/mol. The van der Waals surface area contributed by atoms with Gasteiger partial charge in [0, 0.05) is 6.42 Å². The Morgan fingerprint density at radius 2 is 1.88 bits per heavy atom. The Bertz CT molecular complexity index is 672. The highest BCUT2D eigenvalue weighted by molar-refractivity contribution is 7.73. The number of carbonyl (C=O) groups is 2. The SMILES string of the molecule is O=C1OC2C3OC(CC13)C2C(=O)OCCCCC(F)(F)C(F)(F)[SH](=O)=O. The van der Waals surface area contributed by atoms with E-state index in [1.165, 1.54) is 0 Å². The predicted molar refractivity (Wildman–Crippen MR) is 75.2 cm³/mol. The zero-order valence-electron chi connectivity index (χ0n) is 13.2. The zero-order chi connectivity index (χ0) is 19.3. The normalized spacial score (nSPS) is 33.0. The van der Waals surface area contributed by atoms with Crippen molar-refractivity contribution in [1.82, 2.24) is 0 Å². The molecule has 0 N–H and O–H groups in total. The van der Waals surface area contributed by atoms with Gasteiger partial charge in [0.2, 0.25) is 10.7 Å². The first-order valence-electron chi connectivity index (χ1n) is 7.99. The minimum atomic E-state index is -5.12. The van der Waals surface area contributed by atoms with Crippen LogP contribution in [0.1, 0.15) is 25.7 Å². The van der Waals surface area contributed by atoms with Gasteiger partial charge < -0.3 is 14.2 Å². The molecule has 3 saturated heterocycles. The molecular weight excluding hydrogens is 388 g/mol. The Hall–Kier alpha value is -1.43. The average Bonchev–Trinajstić information content (AvgIpc) is 3.16. The predicted octanol–water partition coefficient (Wildman–Crippen LogP) is 0.868. The van der Waals surface area contributed by atoms with Crippen molar-refractivity contribution in [1.29, 1.82) is 0 Å². The average molecular weight is 404 g/mol. The quantitative estimate of drug-likeness (QED) is 0.278. The summed E-state index contributed by atoms with van der Waals surface area (Å²) in [6, 6.07) is 0. The number of halogens is 4. The van der Waals surface area contributed by atoms with Gasteiger partial charge in [-0.3, -0.25) is 9.59 Å². The summed E-state index contributed by atoms with van der Waals surface area (Å²) in [5.41, 5.74) is 0. The number of esters is 2. The van der Waals surface area contributed by atoms with Crippen molar-refractivity contribution in [3.05, 3.63) is 0 Å². The van der Waals surface area contributed by atoms with Gasteiger partial charge in [0.05, 0.1) is 18.6 Å². The third-order valence-corrected chi connectivity index (χ3v) is 5.70. The van der Waals surface area contributed by atoms with Crippen molar-refractivity contribution in [3.8, 4) is 0 Å². The lowest BCUT2D eigenvalue weighted by atomic mass is 9.82. The van der Waals surface area contributed by atoms with Crippen LogP contribution in [-0.4, -0.2) is 56.5 Å². The van der Waals surface area contributed by atoms with Gasteiger partial charge in [-0.15, -0.1) is 0 Å². The van der Waals surface area contributed by atoms with Gasteiger partial charge in [-0.1, -0.05) is 0 Å². The van der Waals surface area contributed by atoms with E-state index in [0.717, 1.165) is 0 Å². The highest BCUT2D eigenvalue weighted by Crippen LogP contribution is 2.49. The number of hydrogen-bond acceptors (Lipinski definition) is 7. The standard InChI is InChI=1S/C14H16F4O7S/c15-13(16,14(17,18)26(21)22)3-1-2-4-23-12(20)8-7-5-6-9(24-7)10(8)25-11(6)19/h6-10,26H,1-5H2. The maximum absolute atomic E-state index is 13.2. The largest absolute Gasteiger partial charge is 0.465 e. The van der Waals surface area contributed by atoms with Gasteiger partial charge in [-0.2, -0.15) is 17.6 Å². The molecule has 3 rings (SSSR count). The molecule has 5 atom stereocenters. The maximum Gasteiger partial charge on any atom is 0.404 e. The second-order valence-corrected chi connectivity index (χ2v) is 7.61. The fourth-order valence-corrected chi connectivity index (χ4v) is 3.95. The molecule has 3 fully saturated rings. The van der Waals surface area contributed by atoms with E-state index in [2.05, 4.69) is 0 Å². The van der Waals surface area contributed by atoms with E-state index in [1.807, 2.05) is 0 Å². The summed E-state index contributed by atoms with van der Waals surface area (Å²) >= 11 is 0. The minimum Gasteiger partial charge on any atom is -0.465 e. The molecule has 2 bridgehead atoms. The summed E-state index contributed by atoms with van der Waals surface area (Å²) in [6.45, 7) is -0.304. The number of unbranched alkanes of at least 4 members (excludes halogenated alkanes) is 1. The smallest absolute Gasteiger partial charge is 0.404 e. The summed E-state index contributed by atoms with van der Waals surface area (Å²) in [6.07, 6.45) is -3.30. The van der Waals surface area contributed by atoms with Crippen molar-refractivity contribution < 1.29 is 49.8 Å². The fourth-order valence-electron chi connectivity index (χ4n) is 3.57. The first-order chi connectivity index (χ1) is 12.1. The first-order valence-corrected chi connectivity index (χ1v) is 9.17. The number of fused-ring (bicyclic) bond motifs is 1. The van der Waals surface area contributed by atoms with Gasteiger partial charge in [0.25, 0.3) is 0 Å². The molecule has 0 amide bonds. The maximum atomic E-state index is 13.2. The highest BCUT2D eigenvalue weighted by atomic mass is 32.2. The van der Waals surface area contributed by atoms with Crippen LogP contribution in [0.2, 0.25) is 0 Å². The Labute approximate surface area is 146 Å². The van der Waals surface area contributed by atoms with E-state index in [4.69, 9.17) is 14.2 Å². The number of hydrogen-bond donors (Lipinski definition) is 1. The number of carbonyl (C=O) groups excluding carboxylic acids is 2. The lowest BCUT2D eigenvalue weighted by Gasteiger charge is -2.22. The van der Waals surface area contributed by atoms with E-state index >= 15 is 0 Å². The Kier molecular flexibility index (Phi) is 4.93. The Balaban J connectivity index is 1.42. The van der Waals surface area contributed by atoms with Crippen LogP contribution in [0.3, 0.4) is 0 Å². The van der Waals surface area contributed by atoms with Crippen LogP contribution in [0.25, 0.3) is 0 Å². The van der Waals surface area contributed by atoms with Gasteiger partial charge >= 0.3 is 23.1 Å². The third-order valence-electron chi connectivity index (χ3n) is 4.92. The molecule has 0 aliphatic carbocycles. The van der Waals surface area contributed by atoms with Crippen LogP contribution in [0.5, 0.6) is 0 Å². The van der Waals surface area contributed by atoms with Gasteiger partial charge in [-0.25, -0.2) is 8.42 Å². The van der Waals surface area contributed by atoms with E-state index < -0.39 is 70.9 Å². The number of thiol groups is 1. The molecule has 7 nitrogen and oxygen atoms in total. The molecular formula is C14H16F4O7S. The van der Waals surface area contributed by atoms with Crippen molar-refractivity contribution in [2.75, 3.05) is 6.61 Å². The van der Waals surface area contributed by atoms with Crippen molar-refractivity contribution in [3.63, 3.8) is 0 Å². The van der Waals surface area contributed by atoms with Crippen LogP contribution in [0, 0.1) is 11.8 Å². The summed E-state index contributed by atoms with van der Waals surface area (Å²) < 4.78 is 88.2. The second kappa shape index (κ2) is 6.63. The number of ether oxygens (including phenoxy) is 3. The van der Waals surface area contributed by atoms with Crippen molar-refractivity contribution in [2.24, 2.45) is 11.8 Å². The van der Waals surface area contributed by atoms with E-state index in [-0.39, 0.29) is 18.9 Å². The van der Waals surface area contributed by atoms with E-state index in [0.29, 0.717) is 6.42 Å². The van der Waals surface area contributed by atoms with Gasteiger partial charge in [-0.05, 0) is 19.3 Å². The van der Waals surface area contributed by atoms with E-state index in [9.17, 15) is 35.6 Å². The highest BCUT2D eigenvalue weighted by Gasteiger charge is 2.66. The molecule has 3 aliphatic rings. The van der Waals surface area contributed by atoms with Crippen molar-refractivity contribution in [2.45, 2.75) is 55.2 Å². The minimum absolute atomic E-state index is 0.151. The Morgan fingerprint density at radius 3 is 2.54 bits per heavy atom. The summed E-state index contributed by atoms with van der Waals surface area (Å²) in [4.78, 5) is 23.6. The van der Waals surface area contributed by atoms with Crippen LogP contribution in [-0.2, 0) is 34.5 Å². The van der Waals surface area contributed by atoms with Crippen molar-refractivity contribution >= 4 is 22.6 Å². The topological polar surface area (TPSA) is 96.0 Å². The van der Waals surface area contributed by atoms with E-state index in [1.54, 1.807) is 0 Å². The van der Waals surface area contributed by atoms with Crippen LogP contribution >= 0.6 is 0 Å². The molecule has 0 saturated carbocycles. The second-order valence-electron chi connectivity index (χ2n) is 6.54. The summed E-state index contributed by atoms with van der Waals surface area (Å²) in [5, 5.41) is -5.12.